The lowest BCUT2D eigenvalue weighted by atomic mass is 10.1. The molecule has 0 atom stereocenters. The van der Waals surface area contributed by atoms with Crippen molar-refractivity contribution in [2.45, 2.75) is 71.1 Å². The van der Waals surface area contributed by atoms with Crippen molar-refractivity contribution >= 4 is 11.9 Å². The Kier molecular flexibility index (Phi) is 13.5. The molecule has 0 aromatic heterocycles. The van der Waals surface area contributed by atoms with Crippen LogP contribution in [0.1, 0.15) is 71.1 Å². The Balaban J connectivity index is 3.09. The number of carbonyl (C=O) groups is 2. The number of unbranched alkanes of at least 4 members (excludes halogenated alkanes) is 9. The van der Waals surface area contributed by atoms with Crippen molar-refractivity contribution in [1.29, 1.82) is 0 Å². The third-order valence-corrected chi connectivity index (χ3v) is 3.26. The molecule has 0 aliphatic carbocycles. The van der Waals surface area contributed by atoms with Gasteiger partial charge in [-0.3, -0.25) is 10.1 Å². The van der Waals surface area contributed by atoms with Gasteiger partial charge in [0.25, 0.3) is 0 Å². The van der Waals surface area contributed by atoms with Crippen LogP contribution < -0.4 is 16.4 Å². The fraction of sp³-hybridized carbons (Fsp3) is 0.867. The molecule has 0 radical (unpaired) electrons. The maximum atomic E-state index is 11.1. The molecular weight excluding hydrogens is 254 g/mol. The zero-order valence-electron chi connectivity index (χ0n) is 12.9. The number of nitrogens with one attached hydrogen (secondary N) is 2. The molecule has 0 aliphatic heterocycles. The Morgan fingerprint density at radius 1 is 0.850 bits per heavy atom. The highest BCUT2D eigenvalue weighted by atomic mass is 16.2. The van der Waals surface area contributed by atoms with Gasteiger partial charge in [-0.05, 0) is 13.0 Å². The minimum atomic E-state index is -0.796. The Morgan fingerprint density at radius 3 is 1.85 bits per heavy atom. The molecule has 0 aromatic rings. The van der Waals surface area contributed by atoms with Crippen molar-refractivity contribution in [3.05, 3.63) is 0 Å². The van der Waals surface area contributed by atoms with Gasteiger partial charge >= 0.3 is 6.03 Å². The lowest BCUT2D eigenvalue weighted by Crippen LogP contribution is -2.40. The minimum Gasteiger partial charge on any atom is -0.351 e. The van der Waals surface area contributed by atoms with Crippen LogP contribution in [0, 0.1) is 0 Å². The monoisotopic (exact) mass is 285 g/mol. The van der Waals surface area contributed by atoms with Crippen LogP contribution in [-0.2, 0) is 4.79 Å². The van der Waals surface area contributed by atoms with Gasteiger partial charge in [0.05, 0.1) is 6.54 Å². The minimum absolute atomic E-state index is 0.153. The molecule has 3 amide bonds. The standard InChI is InChI=1S/C15H31N3O2/c1-2-3-4-5-6-7-8-9-10-11-12-17-13-14(19)18-15(16)20/h17H,2-13H2,1H3,(H3,16,18,19,20). The highest BCUT2D eigenvalue weighted by Gasteiger charge is 2.02. The third kappa shape index (κ3) is 15.0. The fourth-order valence-corrected chi connectivity index (χ4v) is 2.12. The Labute approximate surface area is 123 Å². The van der Waals surface area contributed by atoms with Gasteiger partial charge in [0.15, 0.2) is 0 Å². The van der Waals surface area contributed by atoms with E-state index in [1.54, 1.807) is 0 Å². The summed E-state index contributed by atoms with van der Waals surface area (Å²) in [6.07, 6.45) is 13.0. The first-order valence-corrected chi connectivity index (χ1v) is 7.96. The summed E-state index contributed by atoms with van der Waals surface area (Å²) >= 11 is 0. The molecule has 0 rings (SSSR count). The number of urea groups is 1. The quantitative estimate of drug-likeness (QED) is 0.455. The summed E-state index contributed by atoms with van der Waals surface area (Å²) in [6.45, 7) is 3.20. The number of hydrogen-bond donors (Lipinski definition) is 3. The molecule has 0 spiro atoms. The van der Waals surface area contributed by atoms with Gasteiger partial charge in [-0.25, -0.2) is 4.79 Å². The molecular formula is C15H31N3O2. The molecule has 0 heterocycles. The summed E-state index contributed by atoms with van der Waals surface area (Å²) in [4.78, 5) is 21.5. The number of primary amides is 1. The second-order valence-corrected chi connectivity index (χ2v) is 5.27. The molecule has 5 heteroatoms. The fourth-order valence-electron chi connectivity index (χ4n) is 2.12. The second-order valence-electron chi connectivity index (χ2n) is 5.27. The SMILES string of the molecule is CCCCCCCCCCCCNCC(=O)NC(N)=O. The number of imide groups is 1. The smallest absolute Gasteiger partial charge is 0.318 e. The Bertz CT molecular complexity index is 258. The van der Waals surface area contributed by atoms with Gasteiger partial charge in [-0.15, -0.1) is 0 Å². The van der Waals surface area contributed by atoms with Crippen molar-refractivity contribution in [1.82, 2.24) is 10.6 Å². The maximum absolute atomic E-state index is 11.1. The molecule has 4 N–H and O–H groups in total. The van der Waals surface area contributed by atoms with Crippen LogP contribution in [0.5, 0.6) is 0 Å². The molecule has 0 bridgehead atoms. The lowest BCUT2D eigenvalue weighted by Gasteiger charge is -2.04. The third-order valence-electron chi connectivity index (χ3n) is 3.26. The van der Waals surface area contributed by atoms with Crippen molar-refractivity contribution in [2.24, 2.45) is 5.73 Å². The van der Waals surface area contributed by atoms with E-state index in [1.165, 1.54) is 57.8 Å². The zero-order valence-corrected chi connectivity index (χ0v) is 12.9. The average Bonchev–Trinajstić information content (AvgIpc) is 2.39. The van der Waals surface area contributed by atoms with Gasteiger partial charge in [0.2, 0.25) is 5.91 Å². The Hall–Kier alpha value is -1.10. The number of hydrogen-bond acceptors (Lipinski definition) is 3. The van der Waals surface area contributed by atoms with Gasteiger partial charge < -0.3 is 11.1 Å². The molecule has 118 valence electrons. The first-order valence-electron chi connectivity index (χ1n) is 7.96. The van der Waals surface area contributed by atoms with Crippen LogP contribution in [0.4, 0.5) is 4.79 Å². The number of amides is 3. The van der Waals surface area contributed by atoms with E-state index in [0.717, 1.165) is 13.0 Å². The molecule has 5 nitrogen and oxygen atoms in total. The second kappa shape index (κ2) is 14.3. The van der Waals surface area contributed by atoms with Crippen LogP contribution in [0.3, 0.4) is 0 Å². The molecule has 0 saturated carbocycles. The van der Waals surface area contributed by atoms with Crippen molar-refractivity contribution in [3.8, 4) is 0 Å². The van der Waals surface area contributed by atoms with E-state index in [0.29, 0.717) is 0 Å². The summed E-state index contributed by atoms with van der Waals surface area (Å²) in [6, 6.07) is -0.796. The first kappa shape index (κ1) is 18.9. The van der Waals surface area contributed by atoms with Gasteiger partial charge in [0.1, 0.15) is 0 Å². The topological polar surface area (TPSA) is 84.2 Å². The van der Waals surface area contributed by atoms with E-state index in [9.17, 15) is 9.59 Å². The van der Waals surface area contributed by atoms with Gasteiger partial charge in [-0.1, -0.05) is 64.7 Å². The van der Waals surface area contributed by atoms with Crippen molar-refractivity contribution < 1.29 is 9.59 Å². The van der Waals surface area contributed by atoms with Crippen LogP contribution >= 0.6 is 0 Å². The van der Waals surface area contributed by atoms with E-state index in [4.69, 9.17) is 5.73 Å². The summed E-state index contributed by atoms with van der Waals surface area (Å²) in [5.74, 6) is -0.371. The van der Waals surface area contributed by atoms with Crippen molar-refractivity contribution in [3.63, 3.8) is 0 Å². The van der Waals surface area contributed by atoms with E-state index < -0.39 is 6.03 Å². The van der Waals surface area contributed by atoms with Gasteiger partial charge in [-0.2, -0.15) is 0 Å². The largest absolute Gasteiger partial charge is 0.351 e. The molecule has 0 unspecified atom stereocenters. The highest BCUT2D eigenvalue weighted by molar-refractivity contribution is 5.94. The maximum Gasteiger partial charge on any atom is 0.318 e. The van der Waals surface area contributed by atoms with Crippen LogP contribution in [0.25, 0.3) is 0 Å². The average molecular weight is 285 g/mol. The number of rotatable bonds is 13. The van der Waals surface area contributed by atoms with E-state index in [1.807, 2.05) is 5.32 Å². The van der Waals surface area contributed by atoms with Gasteiger partial charge in [0, 0.05) is 0 Å². The Morgan fingerprint density at radius 2 is 1.35 bits per heavy atom. The summed E-state index contributed by atoms with van der Waals surface area (Å²) in [7, 11) is 0. The zero-order chi connectivity index (χ0) is 15.1. The van der Waals surface area contributed by atoms with E-state index >= 15 is 0 Å². The molecule has 0 fully saturated rings. The van der Waals surface area contributed by atoms with E-state index in [-0.39, 0.29) is 12.5 Å². The van der Waals surface area contributed by atoms with Crippen LogP contribution in [-0.4, -0.2) is 25.0 Å². The predicted molar refractivity (Wildman–Crippen MR) is 82.4 cm³/mol. The molecule has 20 heavy (non-hydrogen) atoms. The van der Waals surface area contributed by atoms with E-state index in [2.05, 4.69) is 12.2 Å². The molecule has 0 aliphatic rings. The lowest BCUT2D eigenvalue weighted by molar-refractivity contribution is -0.119. The number of nitrogens with two attached hydrogens (primary N) is 1. The summed E-state index contributed by atoms with van der Waals surface area (Å²) < 4.78 is 0. The summed E-state index contributed by atoms with van der Waals surface area (Å²) in [5, 5.41) is 5.02. The van der Waals surface area contributed by atoms with Crippen LogP contribution in [0.2, 0.25) is 0 Å². The van der Waals surface area contributed by atoms with Crippen molar-refractivity contribution in [2.75, 3.05) is 13.1 Å². The van der Waals surface area contributed by atoms with Crippen LogP contribution in [0.15, 0.2) is 0 Å². The number of carbonyl (C=O) groups excluding carboxylic acids is 2. The normalized spacial score (nSPS) is 10.4. The predicted octanol–water partition coefficient (Wildman–Crippen LogP) is 2.69. The first-order chi connectivity index (χ1) is 9.66. The molecule has 0 aromatic carbocycles. The highest BCUT2D eigenvalue weighted by Crippen LogP contribution is 2.10. The summed E-state index contributed by atoms with van der Waals surface area (Å²) in [5.41, 5.74) is 4.83. The molecule has 0 saturated heterocycles.